The van der Waals surface area contributed by atoms with Crippen LogP contribution in [0.15, 0.2) is 106 Å². The van der Waals surface area contributed by atoms with Gasteiger partial charge < -0.3 is 4.90 Å². The van der Waals surface area contributed by atoms with Gasteiger partial charge in [0.25, 0.3) is 25.2 Å². The van der Waals surface area contributed by atoms with Crippen molar-refractivity contribution in [1.82, 2.24) is 0 Å². The average molecular weight is 736 g/mol. The van der Waals surface area contributed by atoms with E-state index in [4.69, 9.17) is 0 Å². The Kier molecular flexibility index (Phi) is 9.20. The number of thiazole rings is 1. The minimum atomic E-state index is -4.13. The highest BCUT2D eigenvalue weighted by molar-refractivity contribution is 8.04. The van der Waals surface area contributed by atoms with Crippen LogP contribution >= 0.6 is 34.4 Å². The first-order chi connectivity index (χ1) is 23.0. The number of rotatable bonds is 11. The Hall–Kier alpha value is -3.56. The highest BCUT2D eigenvalue weighted by Crippen LogP contribution is 2.49. The number of aromatic nitrogens is 1. The fraction of sp³-hybridized carbons (Fsp3) is 0.171. The van der Waals surface area contributed by atoms with Gasteiger partial charge in [-0.25, -0.2) is 0 Å². The maximum atomic E-state index is 11.7. The molecule has 0 spiro atoms. The maximum Gasteiger partial charge on any atom is 0.265 e. The van der Waals surface area contributed by atoms with Gasteiger partial charge in [-0.1, -0.05) is 83.8 Å². The van der Waals surface area contributed by atoms with Crippen molar-refractivity contribution in [3.8, 4) is 22.3 Å². The van der Waals surface area contributed by atoms with E-state index in [-0.39, 0.29) is 24.3 Å². The van der Waals surface area contributed by atoms with Gasteiger partial charge in [-0.3, -0.25) is 9.11 Å². The van der Waals surface area contributed by atoms with Crippen molar-refractivity contribution < 1.29 is 30.5 Å². The van der Waals surface area contributed by atoms with Crippen molar-refractivity contribution in [2.24, 2.45) is 0 Å². The predicted molar refractivity (Wildman–Crippen MR) is 198 cm³/mol. The topological polar surface area (TPSA) is 116 Å². The number of hydrogen-bond donors (Lipinski definition) is 2. The van der Waals surface area contributed by atoms with Crippen molar-refractivity contribution >= 4 is 86.7 Å². The molecule has 0 atom stereocenters. The first kappa shape index (κ1) is 33.0. The van der Waals surface area contributed by atoms with Crippen LogP contribution in [0.4, 0.5) is 5.69 Å². The lowest BCUT2D eigenvalue weighted by atomic mass is 10.0. The van der Waals surface area contributed by atoms with Crippen molar-refractivity contribution in [2.45, 2.75) is 24.3 Å². The maximum absolute atomic E-state index is 11.7. The monoisotopic (exact) mass is 735 g/mol. The highest BCUT2D eigenvalue weighted by atomic mass is 32.2. The summed E-state index contributed by atoms with van der Waals surface area (Å²) >= 11 is 4.87. The summed E-state index contributed by atoms with van der Waals surface area (Å²) in [5, 5.41) is 5.12. The van der Waals surface area contributed by atoms with E-state index in [2.05, 4.69) is 69.5 Å². The minimum Gasteiger partial charge on any atom is -0.335 e. The summed E-state index contributed by atoms with van der Waals surface area (Å²) in [6, 6.07) is 30.9. The predicted octanol–water partition coefficient (Wildman–Crippen LogP) is 8.20. The first-order valence-corrected chi connectivity index (χ1v) is 21.0. The van der Waals surface area contributed by atoms with E-state index in [1.54, 1.807) is 34.4 Å². The number of fused-ring (bicyclic) bond motifs is 3. The second-order valence-electron chi connectivity index (χ2n) is 11.5. The number of aryl methyl sites for hydroxylation is 1. The molecular weight excluding hydrogens is 705 g/mol. The fourth-order valence-electron chi connectivity index (χ4n) is 5.97. The molecule has 0 fully saturated rings. The van der Waals surface area contributed by atoms with Gasteiger partial charge in [-0.2, -0.15) is 21.4 Å². The smallest absolute Gasteiger partial charge is 0.265 e. The standard InChI is InChI=1S/C35H30N2O6S5/c38-47(39,40)18-6-16-36-29-20-25(24-8-2-1-3-9-24)12-14-32(29)45-34(36)22-35-37(17-7-19-48(41,42)43)30-21-26(13-15-33(30)46-35)28-23-44-31-11-5-4-10-27(28)31/h1-5,8-15,20-23H,6-7,16-19H2,(H-,38,39,40,41,42,43)/p+1. The number of hydrogen-bond acceptors (Lipinski definition) is 8. The summed E-state index contributed by atoms with van der Waals surface area (Å²) in [4.78, 5) is 3.13. The highest BCUT2D eigenvalue weighted by Gasteiger charge is 2.29. The Morgan fingerprint density at radius 3 is 2.27 bits per heavy atom. The zero-order valence-electron chi connectivity index (χ0n) is 25.5. The Morgan fingerprint density at radius 2 is 1.48 bits per heavy atom. The lowest BCUT2D eigenvalue weighted by Crippen LogP contribution is -2.36. The largest absolute Gasteiger partial charge is 0.335 e. The number of nitrogens with zero attached hydrogens (tertiary/aromatic N) is 2. The molecule has 3 heterocycles. The van der Waals surface area contributed by atoms with Gasteiger partial charge in [0.15, 0.2) is 6.54 Å². The molecule has 2 aromatic heterocycles. The van der Waals surface area contributed by atoms with E-state index in [0.29, 0.717) is 13.1 Å². The number of thioether (sulfide) groups is 1. The number of benzene rings is 4. The molecule has 13 heteroatoms. The molecule has 246 valence electrons. The van der Waals surface area contributed by atoms with Crippen LogP contribution in [0.2, 0.25) is 0 Å². The minimum absolute atomic E-state index is 0.225. The molecule has 8 nitrogen and oxygen atoms in total. The molecule has 0 amide bonds. The first-order valence-electron chi connectivity index (χ1n) is 15.2. The average Bonchev–Trinajstić information content (AvgIpc) is 3.73. The Morgan fingerprint density at radius 1 is 0.750 bits per heavy atom. The molecule has 0 radical (unpaired) electrons. The third kappa shape index (κ3) is 7.22. The molecule has 2 N–H and O–H groups in total. The van der Waals surface area contributed by atoms with Crippen LogP contribution in [-0.4, -0.2) is 44.0 Å². The molecule has 0 bridgehead atoms. The molecule has 6 aromatic rings. The lowest BCUT2D eigenvalue weighted by Gasteiger charge is -2.20. The van der Waals surface area contributed by atoms with Crippen LogP contribution < -0.4 is 9.47 Å². The van der Waals surface area contributed by atoms with Gasteiger partial charge in [-0.15, -0.1) is 11.3 Å². The van der Waals surface area contributed by atoms with Crippen LogP contribution in [0.1, 0.15) is 17.8 Å². The van der Waals surface area contributed by atoms with Crippen LogP contribution in [0.3, 0.4) is 0 Å². The summed E-state index contributed by atoms with van der Waals surface area (Å²) in [7, 11) is -8.26. The molecule has 4 aromatic carbocycles. The van der Waals surface area contributed by atoms with E-state index >= 15 is 0 Å². The quantitative estimate of drug-likeness (QED) is 0.101. The number of thiophene rings is 1. The third-order valence-corrected chi connectivity index (χ3v) is 13.0. The van der Waals surface area contributed by atoms with Gasteiger partial charge in [0.1, 0.15) is 4.70 Å². The second-order valence-corrected chi connectivity index (χ2v) is 17.7. The van der Waals surface area contributed by atoms with Crippen molar-refractivity contribution in [3.63, 3.8) is 0 Å². The summed E-state index contributed by atoms with van der Waals surface area (Å²) in [5.41, 5.74) is 6.20. The SMILES string of the molecule is O=S(=O)(O)CCCN1C(=Cc2sc3ccc(-c4ccccc4)cc3[n+]2CCCS(=O)(=O)O)Sc2ccc(-c3csc4ccccc34)cc21. The van der Waals surface area contributed by atoms with Crippen LogP contribution in [0.5, 0.6) is 0 Å². The Bertz CT molecular complexity index is 2400. The Labute approximate surface area is 291 Å². The van der Waals surface area contributed by atoms with E-state index in [1.807, 2.05) is 42.5 Å². The molecule has 7 rings (SSSR count). The molecule has 48 heavy (non-hydrogen) atoms. The summed E-state index contributed by atoms with van der Waals surface area (Å²) < 4.78 is 69.8. The molecule has 1 aliphatic heterocycles. The van der Waals surface area contributed by atoms with Gasteiger partial charge in [-0.05, 0) is 52.8 Å². The van der Waals surface area contributed by atoms with E-state index in [9.17, 15) is 25.9 Å². The summed E-state index contributed by atoms with van der Waals surface area (Å²) in [5.74, 6) is -0.708. The van der Waals surface area contributed by atoms with Gasteiger partial charge in [0.2, 0.25) is 5.52 Å². The van der Waals surface area contributed by atoms with Gasteiger partial charge in [0, 0.05) is 39.6 Å². The molecule has 0 saturated heterocycles. The fourth-order valence-corrected chi connectivity index (χ4v) is 10.2. The van der Waals surface area contributed by atoms with Crippen molar-refractivity contribution in [2.75, 3.05) is 23.0 Å². The summed E-state index contributed by atoms with van der Waals surface area (Å²) in [6.07, 6.45) is 2.52. The third-order valence-electron chi connectivity index (χ3n) is 8.17. The summed E-state index contributed by atoms with van der Waals surface area (Å²) in [6.45, 7) is 0.734. The zero-order valence-corrected chi connectivity index (χ0v) is 29.6. The molecule has 0 saturated carbocycles. The number of anilines is 1. The van der Waals surface area contributed by atoms with Gasteiger partial charge >= 0.3 is 0 Å². The van der Waals surface area contributed by atoms with Gasteiger partial charge in [0.05, 0.1) is 28.3 Å². The van der Waals surface area contributed by atoms with Crippen molar-refractivity contribution in [1.29, 1.82) is 0 Å². The van der Waals surface area contributed by atoms with Crippen LogP contribution in [0.25, 0.3) is 48.6 Å². The molecular formula is C35H31N2O6S5+. The normalized spacial score (nSPS) is 14.4. The van der Waals surface area contributed by atoms with E-state index in [0.717, 1.165) is 53.1 Å². The molecule has 1 aliphatic rings. The zero-order chi connectivity index (χ0) is 33.5. The van der Waals surface area contributed by atoms with Crippen LogP contribution in [0, 0.1) is 0 Å². The Balaban J connectivity index is 1.31. The second kappa shape index (κ2) is 13.4. The molecule has 0 aliphatic carbocycles. The lowest BCUT2D eigenvalue weighted by molar-refractivity contribution is -0.668. The van der Waals surface area contributed by atoms with Crippen molar-refractivity contribution in [3.05, 3.63) is 106 Å². The van der Waals surface area contributed by atoms with E-state index < -0.39 is 20.2 Å². The molecule has 0 unspecified atom stereocenters. The van der Waals surface area contributed by atoms with E-state index in [1.165, 1.54) is 10.1 Å². The van der Waals surface area contributed by atoms with Crippen LogP contribution in [-0.2, 0) is 26.8 Å².